The molecule has 0 saturated carbocycles. The van der Waals surface area contributed by atoms with Gasteiger partial charge in [0.15, 0.2) is 0 Å². The molecule has 2 rings (SSSR count). The second kappa shape index (κ2) is 5.38. The molecule has 0 aliphatic heterocycles. The van der Waals surface area contributed by atoms with Gasteiger partial charge in [-0.1, -0.05) is 11.6 Å². The summed E-state index contributed by atoms with van der Waals surface area (Å²) in [6, 6.07) is 7.65. The summed E-state index contributed by atoms with van der Waals surface area (Å²) in [7, 11) is 1.47. The molecule has 1 N–H and O–H groups in total. The first-order valence-electron chi connectivity index (χ1n) is 5.75. The topological polar surface area (TPSA) is 68.5 Å². The fourth-order valence-corrected chi connectivity index (χ4v) is 2.10. The molecule has 0 aliphatic carbocycles. The molecular weight excluding hydrogens is 282 g/mol. The van der Waals surface area contributed by atoms with Crippen molar-refractivity contribution in [3.63, 3.8) is 0 Å². The summed E-state index contributed by atoms with van der Waals surface area (Å²) in [4.78, 5) is 23.4. The second-order valence-electron chi connectivity index (χ2n) is 4.15. The summed E-state index contributed by atoms with van der Waals surface area (Å²) >= 11 is 5.94. The van der Waals surface area contributed by atoms with Crippen molar-refractivity contribution in [2.45, 2.75) is 6.92 Å². The average Bonchev–Trinajstić information content (AvgIpc) is 2.38. The summed E-state index contributed by atoms with van der Waals surface area (Å²) in [5.41, 5.74) is 0.0573. The van der Waals surface area contributed by atoms with Gasteiger partial charge in [0.05, 0.1) is 12.8 Å². The van der Waals surface area contributed by atoms with Crippen LogP contribution in [0.5, 0.6) is 5.75 Å². The van der Waals surface area contributed by atoms with Crippen LogP contribution >= 0.6 is 11.6 Å². The highest BCUT2D eigenvalue weighted by Gasteiger charge is 2.16. The van der Waals surface area contributed by atoms with Crippen LogP contribution < -0.4 is 10.3 Å². The number of methoxy groups -OCH3 is 1. The molecule has 0 fully saturated rings. The van der Waals surface area contributed by atoms with Crippen LogP contribution in [-0.2, 0) is 0 Å². The Balaban J connectivity index is 2.82. The van der Waals surface area contributed by atoms with Crippen LogP contribution in [0, 0.1) is 6.92 Å². The van der Waals surface area contributed by atoms with Gasteiger partial charge in [-0.25, -0.2) is 4.79 Å². The van der Waals surface area contributed by atoms with E-state index >= 15 is 0 Å². The Morgan fingerprint density at radius 1 is 1.30 bits per heavy atom. The van der Waals surface area contributed by atoms with E-state index in [0.29, 0.717) is 22.2 Å². The van der Waals surface area contributed by atoms with Crippen LogP contribution in [0.3, 0.4) is 0 Å². The quantitative estimate of drug-likeness (QED) is 0.944. The summed E-state index contributed by atoms with van der Waals surface area (Å²) in [5, 5.41) is 9.46. The summed E-state index contributed by atoms with van der Waals surface area (Å²) in [6.45, 7) is 1.70. The molecule has 0 amide bonds. The maximum Gasteiger partial charge on any atom is 0.341 e. The summed E-state index contributed by atoms with van der Waals surface area (Å²) in [6.07, 6.45) is 0. The van der Waals surface area contributed by atoms with E-state index in [1.807, 2.05) is 0 Å². The molecule has 20 heavy (non-hydrogen) atoms. The Morgan fingerprint density at radius 2 is 2.00 bits per heavy atom. The van der Waals surface area contributed by atoms with E-state index in [2.05, 4.69) is 0 Å². The van der Waals surface area contributed by atoms with Crippen LogP contribution in [-0.4, -0.2) is 22.8 Å². The highest BCUT2D eigenvalue weighted by atomic mass is 35.5. The smallest absolute Gasteiger partial charge is 0.341 e. The van der Waals surface area contributed by atoms with Crippen molar-refractivity contribution in [1.29, 1.82) is 0 Å². The van der Waals surface area contributed by atoms with Crippen LogP contribution in [0.2, 0.25) is 5.02 Å². The first-order chi connectivity index (χ1) is 9.45. The van der Waals surface area contributed by atoms with E-state index in [-0.39, 0.29) is 5.56 Å². The predicted octanol–water partition coefficient (Wildman–Crippen LogP) is 2.51. The lowest BCUT2D eigenvalue weighted by Gasteiger charge is -2.14. The van der Waals surface area contributed by atoms with Crippen LogP contribution in [0.25, 0.3) is 5.69 Å². The van der Waals surface area contributed by atoms with Gasteiger partial charge in [-0.05, 0) is 37.3 Å². The molecule has 0 atom stereocenters. The van der Waals surface area contributed by atoms with Crippen molar-refractivity contribution in [3.8, 4) is 11.4 Å². The van der Waals surface area contributed by atoms with Crippen LogP contribution in [0.1, 0.15) is 16.1 Å². The number of pyridine rings is 1. The number of nitrogens with zero attached hydrogens (tertiary/aromatic N) is 1. The minimum atomic E-state index is -1.27. The molecule has 0 bridgehead atoms. The molecule has 6 heteroatoms. The first-order valence-corrected chi connectivity index (χ1v) is 6.13. The van der Waals surface area contributed by atoms with Gasteiger partial charge in [-0.15, -0.1) is 0 Å². The number of aromatic nitrogens is 1. The molecule has 5 nitrogen and oxygen atoms in total. The van der Waals surface area contributed by atoms with Gasteiger partial charge in [0.25, 0.3) is 5.56 Å². The lowest BCUT2D eigenvalue weighted by atomic mass is 10.2. The van der Waals surface area contributed by atoms with Crippen molar-refractivity contribution in [2.75, 3.05) is 7.11 Å². The van der Waals surface area contributed by atoms with Gasteiger partial charge in [0.1, 0.15) is 11.3 Å². The number of hydrogen-bond donors (Lipinski definition) is 1. The molecule has 2 aromatic rings. The maximum atomic E-state index is 12.3. The summed E-state index contributed by atoms with van der Waals surface area (Å²) in [5.74, 6) is -0.841. The third-order valence-electron chi connectivity index (χ3n) is 2.89. The van der Waals surface area contributed by atoms with Crippen molar-refractivity contribution in [2.24, 2.45) is 0 Å². The van der Waals surface area contributed by atoms with Crippen LogP contribution in [0.15, 0.2) is 35.1 Å². The number of benzene rings is 1. The monoisotopic (exact) mass is 293 g/mol. The molecule has 104 valence electrons. The maximum absolute atomic E-state index is 12.3. The third kappa shape index (κ3) is 2.40. The number of rotatable bonds is 3. The predicted molar refractivity (Wildman–Crippen MR) is 75.3 cm³/mol. The van der Waals surface area contributed by atoms with Crippen molar-refractivity contribution in [1.82, 2.24) is 4.57 Å². The summed E-state index contributed by atoms with van der Waals surface area (Å²) < 4.78 is 6.47. The number of hydrogen-bond acceptors (Lipinski definition) is 3. The zero-order chi connectivity index (χ0) is 14.9. The number of aromatic carboxylic acids is 1. The van der Waals surface area contributed by atoms with Crippen molar-refractivity contribution >= 4 is 17.6 Å². The fraction of sp³-hybridized carbons (Fsp3) is 0.143. The highest BCUT2D eigenvalue weighted by Crippen LogP contribution is 2.26. The molecule has 0 radical (unpaired) electrons. The standard InChI is InChI=1S/C14H12ClNO4/c1-8-3-5-10(14(18)19)13(17)16(8)11-7-9(15)4-6-12(11)20-2/h3-7H,1-2H3,(H,18,19). The number of carboxylic acid groups (broad SMARTS) is 1. The van der Waals surface area contributed by atoms with E-state index < -0.39 is 11.5 Å². The highest BCUT2D eigenvalue weighted by molar-refractivity contribution is 6.30. The molecule has 0 unspecified atom stereocenters. The van der Waals surface area contributed by atoms with Gasteiger partial charge in [0, 0.05) is 10.7 Å². The number of ether oxygens (including phenoxy) is 1. The Bertz CT molecular complexity index is 736. The van der Waals surface area contributed by atoms with E-state index in [4.69, 9.17) is 21.4 Å². The van der Waals surface area contributed by atoms with Crippen molar-refractivity contribution < 1.29 is 14.6 Å². The number of carboxylic acids is 1. The number of halogens is 1. The minimum absolute atomic E-state index is 0.308. The molecule has 0 spiro atoms. The average molecular weight is 294 g/mol. The molecule has 1 heterocycles. The third-order valence-corrected chi connectivity index (χ3v) is 3.12. The molecule has 1 aromatic heterocycles. The van der Waals surface area contributed by atoms with Gasteiger partial charge in [-0.2, -0.15) is 0 Å². The Hall–Kier alpha value is -2.27. The molecule has 0 aliphatic rings. The molecule has 0 saturated heterocycles. The fourth-order valence-electron chi connectivity index (χ4n) is 1.93. The lowest BCUT2D eigenvalue weighted by molar-refractivity contribution is 0.0694. The van der Waals surface area contributed by atoms with Gasteiger partial charge in [0.2, 0.25) is 0 Å². The minimum Gasteiger partial charge on any atom is -0.495 e. The van der Waals surface area contributed by atoms with Gasteiger partial charge < -0.3 is 9.84 Å². The zero-order valence-corrected chi connectivity index (χ0v) is 11.6. The molecule has 1 aromatic carbocycles. The molecular formula is C14H12ClNO4. The SMILES string of the molecule is COc1ccc(Cl)cc1-n1c(C)ccc(C(=O)O)c1=O. The van der Waals surface area contributed by atoms with Crippen LogP contribution in [0.4, 0.5) is 0 Å². The Kier molecular flexibility index (Phi) is 3.81. The Morgan fingerprint density at radius 3 is 2.60 bits per heavy atom. The second-order valence-corrected chi connectivity index (χ2v) is 4.59. The zero-order valence-electron chi connectivity index (χ0n) is 10.9. The normalized spacial score (nSPS) is 10.3. The van der Waals surface area contributed by atoms with E-state index in [1.165, 1.54) is 17.7 Å². The first kappa shape index (κ1) is 14.1. The van der Waals surface area contributed by atoms with Gasteiger partial charge in [-0.3, -0.25) is 9.36 Å². The van der Waals surface area contributed by atoms with E-state index in [1.54, 1.807) is 31.2 Å². The van der Waals surface area contributed by atoms with E-state index in [0.717, 1.165) is 0 Å². The van der Waals surface area contributed by atoms with Crippen molar-refractivity contribution in [3.05, 3.63) is 57.0 Å². The van der Waals surface area contributed by atoms with Gasteiger partial charge >= 0.3 is 5.97 Å². The number of carbonyl (C=O) groups is 1. The Labute approximate surface area is 120 Å². The lowest BCUT2D eigenvalue weighted by Crippen LogP contribution is -2.26. The largest absolute Gasteiger partial charge is 0.495 e. The number of aryl methyl sites for hydroxylation is 1. The van der Waals surface area contributed by atoms with E-state index in [9.17, 15) is 9.59 Å².